The smallest absolute Gasteiger partial charge is 0.352 e. The quantitative estimate of drug-likeness (QED) is 0.391. The van der Waals surface area contributed by atoms with E-state index in [1.54, 1.807) is 25.5 Å². The number of thioether (sulfide) groups is 2. The highest BCUT2D eigenvalue weighted by molar-refractivity contribution is 8.01. The summed E-state index contributed by atoms with van der Waals surface area (Å²) in [6.45, 7) is 0. The van der Waals surface area contributed by atoms with E-state index in [1.165, 1.54) is 40.2 Å². The molecule has 2 aromatic heterocycles. The van der Waals surface area contributed by atoms with Gasteiger partial charge in [0, 0.05) is 38.3 Å². The Balaban J connectivity index is 1.63. The zero-order valence-electron chi connectivity index (χ0n) is 17.3. The average Bonchev–Trinajstić information content (AvgIpc) is 3.44. The maximum atomic E-state index is 13.3. The fraction of sp³-hybridized carbons (Fsp3) is 0.500. The van der Waals surface area contributed by atoms with Crippen molar-refractivity contribution in [2.24, 2.45) is 7.05 Å². The minimum absolute atomic E-state index is 0.0202. The van der Waals surface area contributed by atoms with Crippen molar-refractivity contribution in [1.29, 1.82) is 0 Å². The highest BCUT2D eigenvalue weighted by Crippen LogP contribution is 2.57. The molecule has 2 saturated heterocycles. The van der Waals surface area contributed by atoms with Crippen LogP contribution in [0, 0.1) is 0 Å². The van der Waals surface area contributed by atoms with E-state index in [1.807, 2.05) is 17.5 Å². The summed E-state index contributed by atoms with van der Waals surface area (Å²) in [5.74, 6) is -1.32. The SMILES string of the molecule is COC1(Cc2cccs2)N[C@@]2(OC)C(=O)N3C(C(=O)O)=C(CSc4nnnn4C)C1S[C@H]32. The molecule has 1 amide bonds. The van der Waals surface area contributed by atoms with Crippen LogP contribution in [0.2, 0.25) is 0 Å². The fourth-order valence-electron chi connectivity index (χ4n) is 4.41. The van der Waals surface area contributed by atoms with E-state index in [4.69, 9.17) is 9.47 Å². The molecule has 0 radical (unpaired) electrons. The first kappa shape index (κ1) is 21.9. The molecule has 14 heteroatoms. The largest absolute Gasteiger partial charge is 0.477 e. The van der Waals surface area contributed by atoms with Crippen LogP contribution in [0.5, 0.6) is 0 Å². The summed E-state index contributed by atoms with van der Waals surface area (Å²) in [7, 11) is 4.73. The van der Waals surface area contributed by atoms with Crippen LogP contribution in [-0.2, 0) is 32.5 Å². The average molecular weight is 497 g/mol. The molecule has 4 atom stereocenters. The molecule has 0 spiro atoms. The predicted octanol–water partition coefficient (Wildman–Crippen LogP) is 0.517. The summed E-state index contributed by atoms with van der Waals surface area (Å²) in [5.41, 5.74) is -1.84. The number of tetrazole rings is 1. The molecule has 5 rings (SSSR count). The lowest BCUT2D eigenvalue weighted by atomic mass is 9.86. The number of ether oxygens (including phenoxy) is 2. The number of amides is 1. The summed E-state index contributed by atoms with van der Waals surface area (Å²) >= 11 is 4.37. The van der Waals surface area contributed by atoms with Gasteiger partial charge >= 0.3 is 5.97 Å². The molecular formula is C18H20N6O5S3. The first-order valence-electron chi connectivity index (χ1n) is 9.59. The van der Waals surface area contributed by atoms with Gasteiger partial charge in [-0.2, -0.15) is 0 Å². The van der Waals surface area contributed by atoms with Gasteiger partial charge in [0.05, 0.1) is 5.25 Å². The lowest BCUT2D eigenvalue weighted by molar-refractivity contribution is -0.217. The molecule has 32 heavy (non-hydrogen) atoms. The number of fused-ring (bicyclic) bond motifs is 1. The fourth-order valence-corrected chi connectivity index (χ4v) is 8.05. The van der Waals surface area contributed by atoms with Crippen LogP contribution in [0.1, 0.15) is 4.88 Å². The molecule has 0 saturated carbocycles. The van der Waals surface area contributed by atoms with E-state index in [2.05, 4.69) is 20.8 Å². The summed E-state index contributed by atoms with van der Waals surface area (Å²) in [6.07, 6.45) is 0.441. The Labute approximate surface area is 195 Å². The third-order valence-electron chi connectivity index (χ3n) is 5.91. The van der Waals surface area contributed by atoms with E-state index in [0.29, 0.717) is 17.2 Å². The number of aliphatic carboxylic acids is 1. The van der Waals surface area contributed by atoms with Crippen LogP contribution < -0.4 is 5.32 Å². The number of carbonyl (C=O) groups is 2. The Morgan fingerprint density at radius 1 is 1.41 bits per heavy atom. The number of nitrogens with one attached hydrogen (secondary N) is 1. The second kappa shape index (κ2) is 7.81. The second-order valence-electron chi connectivity index (χ2n) is 7.51. The first-order valence-corrected chi connectivity index (χ1v) is 12.4. The van der Waals surface area contributed by atoms with Gasteiger partial charge in [-0.25, -0.2) is 14.8 Å². The number of carboxylic acid groups (broad SMARTS) is 1. The molecule has 3 aliphatic heterocycles. The first-order chi connectivity index (χ1) is 15.4. The third kappa shape index (κ3) is 2.97. The number of carbonyl (C=O) groups excluding carboxylic acids is 1. The number of thiophene rings is 1. The lowest BCUT2D eigenvalue weighted by Crippen LogP contribution is -2.88. The Hall–Kier alpha value is -1.97. The summed E-state index contributed by atoms with van der Waals surface area (Å²) in [4.78, 5) is 28.0. The molecule has 170 valence electrons. The number of carboxylic acids is 1. The molecule has 0 aliphatic carbocycles. The molecule has 2 N–H and O–H groups in total. The van der Waals surface area contributed by atoms with E-state index in [-0.39, 0.29) is 16.7 Å². The van der Waals surface area contributed by atoms with E-state index in [0.717, 1.165) is 4.88 Å². The minimum atomic E-state index is -1.35. The van der Waals surface area contributed by atoms with Gasteiger partial charge < -0.3 is 14.6 Å². The van der Waals surface area contributed by atoms with Crippen molar-refractivity contribution in [3.8, 4) is 0 Å². The third-order valence-corrected chi connectivity index (χ3v) is 9.58. The molecule has 2 bridgehead atoms. The minimum Gasteiger partial charge on any atom is -0.477 e. The van der Waals surface area contributed by atoms with Gasteiger partial charge in [0.25, 0.3) is 5.91 Å². The number of aryl methyl sites for hydroxylation is 1. The van der Waals surface area contributed by atoms with Gasteiger partial charge in [0.1, 0.15) is 16.8 Å². The van der Waals surface area contributed by atoms with Gasteiger partial charge in [-0.15, -0.1) is 28.2 Å². The van der Waals surface area contributed by atoms with Gasteiger partial charge in [-0.3, -0.25) is 9.69 Å². The zero-order valence-corrected chi connectivity index (χ0v) is 19.8. The van der Waals surface area contributed by atoms with Crippen molar-refractivity contribution < 1.29 is 24.2 Å². The molecule has 2 aromatic rings. The van der Waals surface area contributed by atoms with Crippen LogP contribution in [0.25, 0.3) is 0 Å². The summed E-state index contributed by atoms with van der Waals surface area (Å²) in [5, 5.41) is 26.6. The van der Waals surface area contributed by atoms with Gasteiger partial charge in [0.15, 0.2) is 0 Å². The summed E-state index contributed by atoms with van der Waals surface area (Å²) in [6, 6.07) is 3.93. The van der Waals surface area contributed by atoms with Crippen LogP contribution in [0.3, 0.4) is 0 Å². The molecule has 2 fully saturated rings. The normalized spacial score (nSPS) is 31.1. The van der Waals surface area contributed by atoms with Crippen molar-refractivity contribution in [1.82, 2.24) is 30.4 Å². The van der Waals surface area contributed by atoms with E-state index >= 15 is 0 Å². The van der Waals surface area contributed by atoms with Crippen molar-refractivity contribution in [2.45, 2.75) is 33.7 Å². The maximum absolute atomic E-state index is 13.3. The Morgan fingerprint density at radius 3 is 2.81 bits per heavy atom. The lowest BCUT2D eigenvalue weighted by Gasteiger charge is -2.65. The van der Waals surface area contributed by atoms with E-state index in [9.17, 15) is 14.7 Å². The molecule has 0 aromatic carbocycles. The van der Waals surface area contributed by atoms with Gasteiger partial charge in [0.2, 0.25) is 10.9 Å². The highest BCUT2D eigenvalue weighted by atomic mass is 32.2. The van der Waals surface area contributed by atoms with E-state index < -0.39 is 28.7 Å². The monoisotopic (exact) mass is 496 g/mol. The van der Waals surface area contributed by atoms with Crippen molar-refractivity contribution in [3.05, 3.63) is 33.7 Å². The molecule has 2 unspecified atom stereocenters. The Kier molecular flexibility index (Phi) is 5.34. The number of hydrogen-bond acceptors (Lipinski definition) is 11. The highest BCUT2D eigenvalue weighted by Gasteiger charge is 2.74. The van der Waals surface area contributed by atoms with Crippen LogP contribution >= 0.6 is 34.9 Å². The van der Waals surface area contributed by atoms with Gasteiger partial charge in [-0.1, -0.05) is 17.8 Å². The topological polar surface area (TPSA) is 132 Å². The van der Waals surface area contributed by atoms with Crippen LogP contribution in [0.4, 0.5) is 0 Å². The van der Waals surface area contributed by atoms with Crippen LogP contribution in [0.15, 0.2) is 33.9 Å². The molecule has 11 nitrogen and oxygen atoms in total. The zero-order chi connectivity index (χ0) is 22.7. The van der Waals surface area contributed by atoms with Crippen LogP contribution in [-0.4, -0.2) is 84.1 Å². The van der Waals surface area contributed by atoms with Crippen molar-refractivity contribution in [2.75, 3.05) is 20.0 Å². The number of methoxy groups -OCH3 is 2. The Morgan fingerprint density at radius 2 is 2.22 bits per heavy atom. The van der Waals surface area contributed by atoms with Gasteiger partial charge in [-0.05, 0) is 27.4 Å². The standard InChI is InChI=1S/C18H20N6O5S3/c1-23-16(19-21-22-23)31-8-10-11(13(25)26)24-14(27)18(29-3)15(24)32-12(10)17(20-18,28-2)7-9-5-4-6-30-9/h4-6,12,15,20H,7-8H2,1-3H3,(H,25,26)/t12?,15-,17?,18+/m0/s1. The maximum Gasteiger partial charge on any atom is 0.352 e. The number of rotatable bonds is 8. The van der Waals surface area contributed by atoms with Crippen molar-refractivity contribution in [3.63, 3.8) is 0 Å². The Bertz CT molecular complexity index is 1110. The number of nitrogens with zero attached hydrogens (tertiary/aromatic N) is 5. The second-order valence-corrected chi connectivity index (χ2v) is 10.7. The number of β-lactam (4-membered cyclic amide) rings is 1. The number of aromatic nitrogens is 4. The summed E-state index contributed by atoms with van der Waals surface area (Å²) < 4.78 is 13.3. The number of hydrogen-bond donors (Lipinski definition) is 2. The molecular weight excluding hydrogens is 476 g/mol. The predicted molar refractivity (Wildman–Crippen MR) is 117 cm³/mol. The van der Waals surface area contributed by atoms with Crippen molar-refractivity contribution >= 4 is 46.7 Å². The molecule has 5 heterocycles. The molecule has 3 aliphatic rings.